The van der Waals surface area contributed by atoms with E-state index in [2.05, 4.69) is 43.9 Å². The van der Waals surface area contributed by atoms with Gasteiger partial charge in [0.25, 0.3) is 0 Å². The third kappa shape index (κ3) is 1.77. The highest BCUT2D eigenvalue weighted by atomic mass is 15.2. The molecular formula is C21H21N7. The van der Waals surface area contributed by atoms with Crippen LogP contribution in [0.2, 0.25) is 0 Å². The minimum atomic E-state index is 0.253. The molecule has 3 aliphatic rings. The van der Waals surface area contributed by atoms with Crippen molar-refractivity contribution in [3.63, 3.8) is 0 Å². The van der Waals surface area contributed by atoms with Crippen LogP contribution in [0.15, 0.2) is 30.6 Å². The molecule has 2 saturated carbocycles. The van der Waals surface area contributed by atoms with Crippen LogP contribution in [0.4, 0.5) is 11.6 Å². The summed E-state index contributed by atoms with van der Waals surface area (Å²) in [6.07, 6.45) is 7.87. The molecule has 5 atom stereocenters. The molecule has 140 valence electrons. The topological polar surface area (TPSA) is 108 Å². The van der Waals surface area contributed by atoms with Crippen molar-refractivity contribution in [2.45, 2.75) is 31.2 Å². The first-order valence-corrected chi connectivity index (χ1v) is 10.1. The standard InChI is InChI=1S/C21H21N7/c22-20-12-6-11(3-4-14(12)27-28-20)19-17-10-2-1-9(5-10)16(17)18-13-7-24-26-15(13)8-23-21(18)25-19/h3-4,6-10,16-17,19H,1-2,5H2,(H,23,25)(H,24,26)(H3,22,27,28)/t9-,10?,16+,17-,19+/m1/s1. The molecule has 1 unspecified atom stereocenters. The predicted molar refractivity (Wildman–Crippen MR) is 108 cm³/mol. The summed E-state index contributed by atoms with van der Waals surface area (Å²) in [4.78, 5) is 4.78. The number of fused-ring (bicyclic) bond motifs is 10. The van der Waals surface area contributed by atoms with Gasteiger partial charge in [-0.3, -0.25) is 10.2 Å². The molecule has 0 amide bonds. The lowest BCUT2D eigenvalue weighted by Gasteiger charge is -2.43. The highest BCUT2D eigenvalue weighted by Crippen LogP contribution is 2.64. The number of hydrogen-bond donors (Lipinski definition) is 4. The average Bonchev–Trinajstić information content (AvgIpc) is 3.51. The maximum absolute atomic E-state index is 6.08. The van der Waals surface area contributed by atoms with Gasteiger partial charge < -0.3 is 11.1 Å². The summed E-state index contributed by atoms with van der Waals surface area (Å²) in [6.45, 7) is 0. The fourth-order valence-corrected chi connectivity index (χ4v) is 6.43. The maximum atomic E-state index is 6.08. The largest absolute Gasteiger partial charge is 0.382 e. The summed E-state index contributed by atoms with van der Waals surface area (Å²) >= 11 is 0. The van der Waals surface area contributed by atoms with Crippen LogP contribution < -0.4 is 11.1 Å². The van der Waals surface area contributed by atoms with Gasteiger partial charge >= 0.3 is 0 Å². The van der Waals surface area contributed by atoms with Gasteiger partial charge in [0.15, 0.2) is 5.82 Å². The molecule has 2 fully saturated rings. The predicted octanol–water partition coefficient (Wildman–Crippen LogP) is 3.71. The third-order valence-electron chi connectivity index (χ3n) is 7.50. The van der Waals surface area contributed by atoms with Gasteiger partial charge in [-0.25, -0.2) is 4.98 Å². The lowest BCUT2D eigenvalue weighted by molar-refractivity contribution is 0.248. The Labute approximate surface area is 161 Å². The number of benzene rings is 1. The molecule has 28 heavy (non-hydrogen) atoms. The molecule has 7 rings (SSSR count). The Morgan fingerprint density at radius 1 is 1.00 bits per heavy atom. The smallest absolute Gasteiger partial charge is 0.153 e. The number of pyridine rings is 1. The number of nitrogens with two attached hydrogens (primary N) is 1. The summed E-state index contributed by atoms with van der Waals surface area (Å²) < 4.78 is 0. The second-order valence-electron chi connectivity index (χ2n) is 8.69. The van der Waals surface area contributed by atoms with Crippen molar-refractivity contribution >= 4 is 33.4 Å². The monoisotopic (exact) mass is 371 g/mol. The molecule has 4 aromatic rings. The average molecular weight is 371 g/mol. The highest BCUT2D eigenvalue weighted by Gasteiger charge is 2.54. The van der Waals surface area contributed by atoms with Gasteiger partial charge in [0, 0.05) is 16.3 Å². The van der Waals surface area contributed by atoms with Gasteiger partial charge in [0.1, 0.15) is 5.82 Å². The Balaban J connectivity index is 1.44. The first-order chi connectivity index (χ1) is 13.8. The zero-order valence-corrected chi connectivity index (χ0v) is 15.3. The van der Waals surface area contributed by atoms with Crippen LogP contribution in [-0.4, -0.2) is 25.4 Å². The molecule has 0 radical (unpaired) electrons. The van der Waals surface area contributed by atoms with Gasteiger partial charge in [-0.15, -0.1) is 0 Å². The summed E-state index contributed by atoms with van der Waals surface area (Å²) in [7, 11) is 0. The van der Waals surface area contributed by atoms with Crippen LogP contribution in [0, 0.1) is 17.8 Å². The molecule has 0 saturated heterocycles. The van der Waals surface area contributed by atoms with E-state index in [1.165, 1.54) is 35.8 Å². The van der Waals surface area contributed by atoms with Crippen LogP contribution in [0.25, 0.3) is 21.8 Å². The lowest BCUT2D eigenvalue weighted by Crippen LogP contribution is -2.36. The Hall–Kier alpha value is -3.09. The van der Waals surface area contributed by atoms with E-state index in [4.69, 9.17) is 10.7 Å². The van der Waals surface area contributed by atoms with Crippen LogP contribution in [0.1, 0.15) is 42.3 Å². The second kappa shape index (κ2) is 5.04. The Kier molecular flexibility index (Phi) is 2.68. The van der Waals surface area contributed by atoms with E-state index < -0.39 is 0 Å². The zero-order chi connectivity index (χ0) is 18.4. The fourth-order valence-electron chi connectivity index (χ4n) is 6.43. The molecule has 3 aromatic heterocycles. The summed E-state index contributed by atoms with van der Waals surface area (Å²) in [5, 5.41) is 20.6. The molecule has 2 bridgehead atoms. The van der Waals surface area contributed by atoms with E-state index in [0.717, 1.165) is 34.1 Å². The number of aromatic amines is 2. The summed E-state index contributed by atoms with van der Waals surface area (Å²) in [6, 6.07) is 6.77. The molecule has 7 heteroatoms. The molecule has 5 N–H and O–H groups in total. The number of H-pyrrole nitrogens is 2. The van der Waals surface area contributed by atoms with E-state index >= 15 is 0 Å². The van der Waals surface area contributed by atoms with Crippen molar-refractivity contribution in [3.05, 3.63) is 41.7 Å². The van der Waals surface area contributed by atoms with Crippen molar-refractivity contribution in [1.29, 1.82) is 0 Å². The molecule has 0 spiro atoms. The number of rotatable bonds is 1. The van der Waals surface area contributed by atoms with E-state index in [-0.39, 0.29) is 6.04 Å². The maximum Gasteiger partial charge on any atom is 0.153 e. The Morgan fingerprint density at radius 3 is 2.89 bits per heavy atom. The van der Waals surface area contributed by atoms with E-state index in [9.17, 15) is 0 Å². The number of nitrogens with zero attached hydrogens (tertiary/aromatic N) is 3. The lowest BCUT2D eigenvalue weighted by atomic mass is 9.68. The summed E-state index contributed by atoms with van der Waals surface area (Å²) in [5.41, 5.74) is 10.8. The SMILES string of the molecule is Nc1n[nH]c2ccc([C@@H]3Nc4ncc5[nH]ncc5c4[C@H]4[C@@H]5CCC(C5)[C@H]43)cc12. The van der Waals surface area contributed by atoms with Gasteiger partial charge in [0.2, 0.25) is 0 Å². The van der Waals surface area contributed by atoms with Crippen LogP contribution >= 0.6 is 0 Å². The zero-order valence-electron chi connectivity index (χ0n) is 15.3. The van der Waals surface area contributed by atoms with Gasteiger partial charge in [-0.1, -0.05) is 6.07 Å². The molecular weight excluding hydrogens is 350 g/mol. The fraction of sp³-hybridized carbons (Fsp3) is 0.381. The van der Waals surface area contributed by atoms with Crippen LogP contribution in [0.3, 0.4) is 0 Å². The van der Waals surface area contributed by atoms with E-state index in [1.54, 1.807) is 0 Å². The number of aromatic nitrogens is 5. The molecule has 2 aliphatic carbocycles. The van der Waals surface area contributed by atoms with Crippen LogP contribution in [0.5, 0.6) is 0 Å². The molecule has 1 aromatic carbocycles. The Bertz CT molecular complexity index is 1240. The first kappa shape index (κ1) is 14.9. The van der Waals surface area contributed by atoms with Crippen molar-refractivity contribution in [2.24, 2.45) is 17.8 Å². The minimum Gasteiger partial charge on any atom is -0.382 e. The number of anilines is 2. The third-order valence-corrected chi connectivity index (χ3v) is 7.50. The number of nitrogens with one attached hydrogen (secondary N) is 3. The Morgan fingerprint density at radius 2 is 1.93 bits per heavy atom. The molecule has 4 heterocycles. The van der Waals surface area contributed by atoms with E-state index in [0.29, 0.717) is 17.7 Å². The molecule has 7 nitrogen and oxygen atoms in total. The van der Waals surface area contributed by atoms with Gasteiger partial charge in [0.05, 0.1) is 29.5 Å². The highest BCUT2D eigenvalue weighted by molar-refractivity contribution is 5.90. The van der Waals surface area contributed by atoms with Crippen molar-refractivity contribution < 1.29 is 0 Å². The quantitative estimate of drug-likeness (QED) is 0.408. The van der Waals surface area contributed by atoms with Crippen LogP contribution in [-0.2, 0) is 0 Å². The van der Waals surface area contributed by atoms with Crippen molar-refractivity contribution in [1.82, 2.24) is 25.4 Å². The van der Waals surface area contributed by atoms with Gasteiger partial charge in [-0.2, -0.15) is 10.2 Å². The second-order valence-corrected chi connectivity index (χ2v) is 8.69. The van der Waals surface area contributed by atoms with E-state index in [1.807, 2.05) is 12.4 Å². The van der Waals surface area contributed by atoms with Crippen molar-refractivity contribution in [3.8, 4) is 0 Å². The van der Waals surface area contributed by atoms with Gasteiger partial charge in [-0.05, 0) is 60.6 Å². The summed E-state index contributed by atoms with van der Waals surface area (Å²) in [5.74, 6) is 4.23. The normalized spacial score (nSPS) is 30.5. The first-order valence-electron chi connectivity index (χ1n) is 10.1. The molecule has 1 aliphatic heterocycles. The number of nitrogen functional groups attached to an aromatic ring is 1. The minimum absolute atomic E-state index is 0.253. The number of hydrogen-bond acceptors (Lipinski definition) is 5. The van der Waals surface area contributed by atoms with Crippen molar-refractivity contribution in [2.75, 3.05) is 11.1 Å².